The molecule has 104 valence electrons. The Balaban J connectivity index is 1.38. The first kappa shape index (κ1) is 11.9. The molecule has 2 aliphatic heterocycles. The van der Waals surface area contributed by atoms with Gasteiger partial charge in [0, 0.05) is 25.8 Å². The predicted octanol–water partition coefficient (Wildman–Crippen LogP) is 1.65. The fourth-order valence-corrected chi connectivity index (χ4v) is 4.14. The molecule has 4 nitrogen and oxygen atoms in total. The standard InChI is InChI=1S/C15H24N4/c1-2-4-15(3-1)19-6-5-14(17-19)11-18-9-12-7-16-8-13(12)10-18/h5-6,12-13,15-16H,1-4,7-11H2. The maximum Gasteiger partial charge on any atom is 0.0764 e. The van der Waals surface area contributed by atoms with Crippen molar-refractivity contribution in [1.82, 2.24) is 20.0 Å². The van der Waals surface area contributed by atoms with Crippen molar-refractivity contribution < 1.29 is 0 Å². The Bertz CT molecular complexity index is 423. The van der Waals surface area contributed by atoms with Gasteiger partial charge in [-0.1, -0.05) is 12.8 Å². The molecule has 1 aliphatic carbocycles. The number of hydrogen-bond acceptors (Lipinski definition) is 3. The SMILES string of the molecule is c1cn(C2CCCC2)nc1CN1CC2CNCC2C1. The fourth-order valence-electron chi connectivity index (χ4n) is 4.14. The second kappa shape index (κ2) is 4.91. The third-order valence-corrected chi connectivity index (χ3v) is 5.21. The topological polar surface area (TPSA) is 33.1 Å². The largest absolute Gasteiger partial charge is 0.316 e. The van der Waals surface area contributed by atoms with Crippen molar-refractivity contribution in [3.63, 3.8) is 0 Å². The van der Waals surface area contributed by atoms with Crippen LogP contribution in [0.2, 0.25) is 0 Å². The zero-order valence-electron chi connectivity index (χ0n) is 11.6. The molecule has 19 heavy (non-hydrogen) atoms. The summed E-state index contributed by atoms with van der Waals surface area (Å²) in [5.74, 6) is 1.77. The first-order chi connectivity index (χ1) is 9.38. The van der Waals surface area contributed by atoms with Crippen LogP contribution in [0.25, 0.3) is 0 Å². The van der Waals surface area contributed by atoms with E-state index in [1.165, 1.54) is 57.6 Å². The predicted molar refractivity (Wildman–Crippen MR) is 74.9 cm³/mol. The minimum absolute atomic E-state index is 0.677. The quantitative estimate of drug-likeness (QED) is 0.897. The summed E-state index contributed by atoms with van der Waals surface area (Å²) in [4.78, 5) is 2.59. The molecule has 2 atom stereocenters. The van der Waals surface area contributed by atoms with Crippen LogP contribution in [0.15, 0.2) is 12.3 Å². The summed E-state index contributed by atoms with van der Waals surface area (Å²) in [5.41, 5.74) is 1.26. The molecule has 1 aromatic heterocycles. The summed E-state index contributed by atoms with van der Waals surface area (Å²) in [7, 11) is 0. The summed E-state index contributed by atoms with van der Waals surface area (Å²) < 4.78 is 2.22. The molecule has 3 heterocycles. The highest BCUT2D eigenvalue weighted by Crippen LogP contribution is 2.30. The van der Waals surface area contributed by atoms with Crippen molar-refractivity contribution in [2.75, 3.05) is 26.2 Å². The zero-order valence-corrected chi connectivity index (χ0v) is 11.6. The van der Waals surface area contributed by atoms with E-state index >= 15 is 0 Å². The third kappa shape index (κ3) is 2.32. The monoisotopic (exact) mass is 260 g/mol. The van der Waals surface area contributed by atoms with E-state index in [4.69, 9.17) is 5.10 Å². The Morgan fingerprint density at radius 3 is 2.63 bits per heavy atom. The van der Waals surface area contributed by atoms with Crippen molar-refractivity contribution in [3.8, 4) is 0 Å². The van der Waals surface area contributed by atoms with Gasteiger partial charge in [0.2, 0.25) is 0 Å². The van der Waals surface area contributed by atoms with E-state index in [2.05, 4.69) is 27.2 Å². The van der Waals surface area contributed by atoms with Crippen LogP contribution in [0.1, 0.15) is 37.4 Å². The Hall–Kier alpha value is -0.870. The highest BCUT2D eigenvalue weighted by Gasteiger charge is 2.36. The second-order valence-corrected chi connectivity index (χ2v) is 6.60. The van der Waals surface area contributed by atoms with Crippen LogP contribution in [-0.4, -0.2) is 40.9 Å². The summed E-state index contributed by atoms with van der Waals surface area (Å²) in [6.45, 7) is 6.00. The van der Waals surface area contributed by atoms with Gasteiger partial charge in [0.25, 0.3) is 0 Å². The Morgan fingerprint density at radius 2 is 1.89 bits per heavy atom. The molecule has 1 saturated carbocycles. The smallest absolute Gasteiger partial charge is 0.0764 e. The fraction of sp³-hybridized carbons (Fsp3) is 0.800. The van der Waals surface area contributed by atoms with Crippen molar-refractivity contribution in [1.29, 1.82) is 0 Å². The normalized spacial score (nSPS) is 32.2. The minimum Gasteiger partial charge on any atom is -0.316 e. The van der Waals surface area contributed by atoms with Crippen LogP contribution in [0.4, 0.5) is 0 Å². The van der Waals surface area contributed by atoms with Gasteiger partial charge < -0.3 is 5.32 Å². The van der Waals surface area contributed by atoms with Crippen molar-refractivity contribution in [2.24, 2.45) is 11.8 Å². The number of nitrogens with one attached hydrogen (secondary N) is 1. The second-order valence-electron chi connectivity index (χ2n) is 6.60. The van der Waals surface area contributed by atoms with Crippen LogP contribution in [0.5, 0.6) is 0 Å². The lowest BCUT2D eigenvalue weighted by Gasteiger charge is -2.15. The lowest BCUT2D eigenvalue weighted by Crippen LogP contribution is -2.25. The third-order valence-electron chi connectivity index (χ3n) is 5.21. The van der Waals surface area contributed by atoms with Gasteiger partial charge in [0.15, 0.2) is 0 Å². The van der Waals surface area contributed by atoms with E-state index in [1.807, 2.05) is 0 Å². The van der Waals surface area contributed by atoms with Gasteiger partial charge >= 0.3 is 0 Å². The average molecular weight is 260 g/mol. The number of aromatic nitrogens is 2. The Labute approximate surface area is 115 Å². The molecular weight excluding hydrogens is 236 g/mol. The summed E-state index contributed by atoms with van der Waals surface area (Å²) in [5, 5.41) is 8.31. The van der Waals surface area contributed by atoms with Gasteiger partial charge in [-0.15, -0.1) is 0 Å². The molecule has 1 aromatic rings. The summed E-state index contributed by atoms with van der Waals surface area (Å²) in [6.07, 6.45) is 7.59. The highest BCUT2D eigenvalue weighted by atomic mass is 15.3. The molecule has 0 aromatic carbocycles. The molecule has 1 N–H and O–H groups in total. The number of rotatable bonds is 3. The van der Waals surface area contributed by atoms with E-state index in [0.29, 0.717) is 6.04 Å². The number of fused-ring (bicyclic) bond motifs is 1. The average Bonchev–Trinajstić information content (AvgIpc) is 3.12. The molecule has 4 heteroatoms. The molecular formula is C15H24N4. The molecule has 0 spiro atoms. The van der Waals surface area contributed by atoms with Gasteiger partial charge in [0.05, 0.1) is 11.7 Å². The van der Waals surface area contributed by atoms with Gasteiger partial charge in [0.1, 0.15) is 0 Å². The van der Waals surface area contributed by atoms with Gasteiger partial charge in [-0.05, 0) is 43.8 Å². The molecule has 0 bridgehead atoms. The van der Waals surface area contributed by atoms with Crippen LogP contribution in [0, 0.1) is 11.8 Å². The van der Waals surface area contributed by atoms with Gasteiger partial charge in [-0.25, -0.2) is 0 Å². The van der Waals surface area contributed by atoms with E-state index < -0.39 is 0 Å². The van der Waals surface area contributed by atoms with E-state index in [1.54, 1.807) is 0 Å². The zero-order chi connectivity index (χ0) is 12.7. The van der Waals surface area contributed by atoms with Crippen molar-refractivity contribution in [3.05, 3.63) is 18.0 Å². The Kier molecular flexibility index (Phi) is 3.08. The number of likely N-dealkylation sites (tertiary alicyclic amines) is 1. The lowest BCUT2D eigenvalue weighted by atomic mass is 10.0. The summed E-state index contributed by atoms with van der Waals surface area (Å²) in [6, 6.07) is 2.90. The van der Waals surface area contributed by atoms with Crippen LogP contribution in [0.3, 0.4) is 0 Å². The van der Waals surface area contributed by atoms with Crippen LogP contribution >= 0.6 is 0 Å². The number of nitrogens with zero attached hydrogens (tertiary/aromatic N) is 3. The molecule has 2 unspecified atom stereocenters. The van der Waals surface area contributed by atoms with E-state index in [0.717, 1.165) is 18.4 Å². The lowest BCUT2D eigenvalue weighted by molar-refractivity contribution is 0.299. The van der Waals surface area contributed by atoms with E-state index in [-0.39, 0.29) is 0 Å². The highest BCUT2D eigenvalue weighted by molar-refractivity contribution is 5.02. The number of hydrogen-bond donors (Lipinski definition) is 1. The molecule has 0 radical (unpaired) electrons. The molecule has 3 fully saturated rings. The molecule has 4 rings (SSSR count). The van der Waals surface area contributed by atoms with Crippen LogP contribution in [-0.2, 0) is 6.54 Å². The van der Waals surface area contributed by atoms with Gasteiger partial charge in [-0.3, -0.25) is 9.58 Å². The van der Waals surface area contributed by atoms with Crippen molar-refractivity contribution >= 4 is 0 Å². The first-order valence-corrected chi connectivity index (χ1v) is 7.85. The van der Waals surface area contributed by atoms with Gasteiger partial charge in [-0.2, -0.15) is 5.10 Å². The van der Waals surface area contributed by atoms with Crippen LogP contribution < -0.4 is 5.32 Å². The Morgan fingerprint density at radius 1 is 1.16 bits per heavy atom. The maximum atomic E-state index is 4.81. The van der Waals surface area contributed by atoms with E-state index in [9.17, 15) is 0 Å². The maximum absolute atomic E-state index is 4.81. The first-order valence-electron chi connectivity index (χ1n) is 7.85. The van der Waals surface area contributed by atoms with Crippen molar-refractivity contribution in [2.45, 2.75) is 38.3 Å². The molecule has 0 amide bonds. The summed E-state index contributed by atoms with van der Waals surface area (Å²) >= 11 is 0. The minimum atomic E-state index is 0.677. The molecule has 2 saturated heterocycles. The molecule has 3 aliphatic rings.